The van der Waals surface area contributed by atoms with E-state index >= 15 is 0 Å². The lowest BCUT2D eigenvalue weighted by Gasteiger charge is -2.10. The van der Waals surface area contributed by atoms with Crippen molar-refractivity contribution in [2.75, 3.05) is 10.6 Å². The number of rotatable bonds is 5. The van der Waals surface area contributed by atoms with Crippen LogP contribution in [0.15, 0.2) is 97.3 Å². The summed E-state index contributed by atoms with van der Waals surface area (Å²) in [4.78, 5) is 21.3. The molecule has 0 bridgehead atoms. The highest BCUT2D eigenvalue weighted by Crippen LogP contribution is 2.27. The summed E-state index contributed by atoms with van der Waals surface area (Å²) >= 11 is 6.09. The van der Waals surface area contributed by atoms with E-state index in [1.807, 2.05) is 78.9 Å². The highest BCUT2D eigenvalue weighted by Gasteiger charge is 2.07. The van der Waals surface area contributed by atoms with Gasteiger partial charge >= 0.3 is 0 Å². The Morgan fingerprint density at radius 2 is 1.67 bits per heavy atom. The molecule has 33 heavy (non-hydrogen) atoms. The van der Waals surface area contributed by atoms with Crippen LogP contribution in [0.1, 0.15) is 5.56 Å². The molecule has 0 aliphatic rings. The van der Waals surface area contributed by atoms with Crippen LogP contribution < -0.4 is 10.6 Å². The summed E-state index contributed by atoms with van der Waals surface area (Å²) in [5, 5.41) is 9.84. The van der Waals surface area contributed by atoms with Crippen LogP contribution in [0.3, 0.4) is 0 Å². The van der Waals surface area contributed by atoms with Gasteiger partial charge in [-0.3, -0.25) is 4.79 Å². The largest absolute Gasteiger partial charge is 0.340 e. The van der Waals surface area contributed by atoms with E-state index in [1.165, 1.54) is 6.33 Å². The van der Waals surface area contributed by atoms with Gasteiger partial charge in [0.1, 0.15) is 12.1 Å². The molecule has 5 rings (SSSR count). The van der Waals surface area contributed by atoms with E-state index in [9.17, 15) is 4.79 Å². The van der Waals surface area contributed by atoms with E-state index in [0.717, 1.165) is 32.9 Å². The van der Waals surface area contributed by atoms with Crippen LogP contribution in [0.5, 0.6) is 0 Å². The summed E-state index contributed by atoms with van der Waals surface area (Å²) in [6.45, 7) is 0. The summed E-state index contributed by atoms with van der Waals surface area (Å²) in [6.07, 6.45) is 4.87. The van der Waals surface area contributed by atoms with Gasteiger partial charge in [-0.05, 0) is 58.8 Å². The Balaban J connectivity index is 1.38. The summed E-state index contributed by atoms with van der Waals surface area (Å²) in [6, 6.07) is 27.0. The maximum Gasteiger partial charge on any atom is 0.248 e. The van der Waals surface area contributed by atoms with Gasteiger partial charge in [-0.2, -0.15) is 0 Å². The van der Waals surface area contributed by atoms with Crippen molar-refractivity contribution in [3.63, 3.8) is 0 Å². The molecule has 160 valence electrons. The Kier molecular flexibility index (Phi) is 5.70. The van der Waals surface area contributed by atoms with Crippen molar-refractivity contribution in [1.82, 2.24) is 9.97 Å². The summed E-state index contributed by atoms with van der Waals surface area (Å²) < 4.78 is 0. The number of anilines is 3. The van der Waals surface area contributed by atoms with Crippen LogP contribution in [0, 0.1) is 0 Å². The van der Waals surface area contributed by atoms with Gasteiger partial charge in [0.05, 0.1) is 5.52 Å². The second-order valence-corrected chi connectivity index (χ2v) is 7.92. The number of carbonyl (C=O) groups is 1. The molecule has 0 atom stereocenters. The number of halogens is 1. The van der Waals surface area contributed by atoms with Crippen molar-refractivity contribution in [2.24, 2.45) is 0 Å². The number of aromatic nitrogens is 2. The molecule has 1 amide bonds. The van der Waals surface area contributed by atoms with Gasteiger partial charge in [0, 0.05) is 27.9 Å². The van der Waals surface area contributed by atoms with Gasteiger partial charge < -0.3 is 10.6 Å². The monoisotopic (exact) mass is 450 g/mol. The smallest absolute Gasteiger partial charge is 0.248 e. The predicted molar refractivity (Wildman–Crippen MR) is 136 cm³/mol. The summed E-state index contributed by atoms with van der Waals surface area (Å²) in [5.74, 6) is 0.410. The number of benzene rings is 4. The van der Waals surface area contributed by atoms with Crippen LogP contribution in [0.2, 0.25) is 5.02 Å². The minimum absolute atomic E-state index is 0.219. The lowest BCUT2D eigenvalue weighted by molar-refractivity contribution is -0.111. The highest BCUT2D eigenvalue weighted by molar-refractivity contribution is 6.30. The van der Waals surface area contributed by atoms with Crippen molar-refractivity contribution in [2.45, 2.75) is 0 Å². The first-order valence-corrected chi connectivity index (χ1v) is 10.8. The first-order valence-electron chi connectivity index (χ1n) is 10.4. The number of nitrogens with zero attached hydrogens (tertiary/aromatic N) is 2. The third kappa shape index (κ3) is 4.68. The van der Waals surface area contributed by atoms with Crippen molar-refractivity contribution >= 4 is 62.5 Å². The summed E-state index contributed by atoms with van der Waals surface area (Å²) in [7, 11) is 0. The Morgan fingerprint density at radius 3 is 2.58 bits per heavy atom. The number of hydrogen-bond acceptors (Lipinski definition) is 4. The molecule has 0 radical (unpaired) electrons. The average molecular weight is 451 g/mol. The fourth-order valence-corrected chi connectivity index (χ4v) is 3.87. The fraction of sp³-hybridized carbons (Fsp3) is 0. The molecular weight excluding hydrogens is 432 g/mol. The summed E-state index contributed by atoms with van der Waals surface area (Å²) in [5.41, 5.74) is 3.22. The third-order valence-electron chi connectivity index (χ3n) is 5.23. The first kappa shape index (κ1) is 20.7. The second kappa shape index (κ2) is 9.10. The van der Waals surface area contributed by atoms with Crippen molar-refractivity contribution in [1.29, 1.82) is 0 Å². The minimum Gasteiger partial charge on any atom is -0.340 e. The maximum absolute atomic E-state index is 12.6. The lowest BCUT2D eigenvalue weighted by atomic mass is 10.0. The molecule has 1 heterocycles. The van der Waals surface area contributed by atoms with Crippen LogP contribution >= 0.6 is 11.6 Å². The standard InChI is InChI=1S/C27H19ClN4O/c28-20-8-4-9-21(15-20)32-27-24-16-22(12-13-25(24)29-17-30-27)31-26(33)14-11-19-7-3-6-18-5-1-2-10-23(18)19/h1-17H,(H,31,33)(H,29,30,32)/b14-11+. The zero-order valence-electron chi connectivity index (χ0n) is 17.5. The van der Waals surface area contributed by atoms with E-state index in [4.69, 9.17) is 11.6 Å². The molecule has 0 saturated carbocycles. The molecule has 0 unspecified atom stereocenters. The quantitative estimate of drug-likeness (QED) is 0.288. The molecule has 0 aliphatic heterocycles. The van der Waals surface area contributed by atoms with Crippen LogP contribution in [-0.4, -0.2) is 15.9 Å². The van der Waals surface area contributed by atoms with Crippen molar-refractivity contribution < 1.29 is 4.79 Å². The molecule has 0 saturated heterocycles. The SMILES string of the molecule is O=C(/C=C/c1cccc2ccccc12)Nc1ccc2ncnc(Nc3cccc(Cl)c3)c2c1. The maximum atomic E-state index is 12.6. The number of amides is 1. The van der Waals surface area contributed by atoms with E-state index in [0.29, 0.717) is 16.5 Å². The van der Waals surface area contributed by atoms with E-state index in [-0.39, 0.29) is 5.91 Å². The number of carbonyl (C=O) groups excluding carboxylic acids is 1. The van der Waals surface area contributed by atoms with E-state index in [1.54, 1.807) is 6.08 Å². The number of nitrogens with one attached hydrogen (secondary N) is 2. The average Bonchev–Trinajstić information content (AvgIpc) is 2.83. The zero-order valence-corrected chi connectivity index (χ0v) is 18.3. The minimum atomic E-state index is -0.219. The molecule has 5 nitrogen and oxygen atoms in total. The fourth-order valence-electron chi connectivity index (χ4n) is 3.68. The normalized spacial score (nSPS) is 11.2. The Bertz CT molecular complexity index is 1510. The van der Waals surface area contributed by atoms with E-state index < -0.39 is 0 Å². The first-order chi connectivity index (χ1) is 16.2. The predicted octanol–water partition coefficient (Wildman–Crippen LogP) is 6.83. The number of hydrogen-bond donors (Lipinski definition) is 2. The van der Waals surface area contributed by atoms with Gasteiger partial charge in [-0.25, -0.2) is 9.97 Å². The van der Waals surface area contributed by atoms with E-state index in [2.05, 4.69) is 32.7 Å². The van der Waals surface area contributed by atoms with Gasteiger partial charge in [0.25, 0.3) is 0 Å². The highest BCUT2D eigenvalue weighted by atomic mass is 35.5. The molecule has 0 fully saturated rings. The Labute approximate surface area is 195 Å². The molecule has 0 spiro atoms. The molecule has 0 aliphatic carbocycles. The van der Waals surface area contributed by atoms with Crippen molar-refractivity contribution in [3.8, 4) is 0 Å². The van der Waals surface area contributed by atoms with Crippen LogP contribution in [0.4, 0.5) is 17.2 Å². The van der Waals surface area contributed by atoms with Crippen molar-refractivity contribution in [3.05, 3.63) is 108 Å². The molecule has 2 N–H and O–H groups in total. The zero-order chi connectivity index (χ0) is 22.6. The van der Waals surface area contributed by atoms with Crippen LogP contribution in [-0.2, 0) is 4.79 Å². The molecule has 1 aromatic heterocycles. The Morgan fingerprint density at radius 1 is 0.818 bits per heavy atom. The van der Waals surface area contributed by atoms with Gasteiger partial charge in [-0.1, -0.05) is 60.1 Å². The van der Waals surface area contributed by atoms with Gasteiger partial charge in [0.15, 0.2) is 0 Å². The van der Waals surface area contributed by atoms with Gasteiger partial charge in [0.2, 0.25) is 5.91 Å². The second-order valence-electron chi connectivity index (χ2n) is 7.48. The topological polar surface area (TPSA) is 66.9 Å². The molecule has 6 heteroatoms. The molecular formula is C27H19ClN4O. The molecule has 5 aromatic rings. The molecule has 4 aromatic carbocycles. The van der Waals surface area contributed by atoms with Gasteiger partial charge in [-0.15, -0.1) is 0 Å². The lowest BCUT2D eigenvalue weighted by Crippen LogP contribution is -2.08. The number of fused-ring (bicyclic) bond motifs is 2. The third-order valence-corrected chi connectivity index (χ3v) is 5.46. The van der Waals surface area contributed by atoms with Crippen LogP contribution in [0.25, 0.3) is 27.8 Å². The Hall–Kier alpha value is -4.22.